The Bertz CT molecular complexity index is 167. The SMILES string of the molecule is ClCc1cn(CCl)nn1. The van der Waals surface area contributed by atoms with Gasteiger partial charge in [0.2, 0.25) is 0 Å². The number of nitrogens with zero attached hydrogens (tertiary/aromatic N) is 3. The highest BCUT2D eigenvalue weighted by atomic mass is 35.5. The Labute approximate surface area is 62.6 Å². The van der Waals surface area contributed by atoms with Gasteiger partial charge in [0.15, 0.2) is 0 Å². The van der Waals surface area contributed by atoms with E-state index in [1.165, 1.54) is 4.68 Å². The molecule has 9 heavy (non-hydrogen) atoms. The first-order valence-corrected chi connectivity index (χ1v) is 3.44. The van der Waals surface area contributed by atoms with E-state index in [1.54, 1.807) is 6.20 Å². The normalized spacial score (nSPS) is 10.0. The van der Waals surface area contributed by atoms with E-state index in [0.717, 1.165) is 5.69 Å². The lowest BCUT2D eigenvalue weighted by molar-refractivity contribution is 0.695. The summed E-state index contributed by atoms with van der Waals surface area (Å²) in [6.45, 7) is 0. The van der Waals surface area contributed by atoms with Crippen LogP contribution in [0.1, 0.15) is 5.69 Å². The maximum Gasteiger partial charge on any atom is 0.117 e. The highest BCUT2D eigenvalue weighted by molar-refractivity contribution is 6.17. The van der Waals surface area contributed by atoms with Crippen molar-refractivity contribution < 1.29 is 0 Å². The molecule has 0 unspecified atom stereocenters. The first-order valence-electron chi connectivity index (χ1n) is 2.37. The molecule has 0 aliphatic rings. The molecule has 3 nitrogen and oxygen atoms in total. The van der Waals surface area contributed by atoms with Crippen LogP contribution >= 0.6 is 23.2 Å². The summed E-state index contributed by atoms with van der Waals surface area (Å²) in [6.07, 6.45) is 1.71. The van der Waals surface area contributed by atoms with Crippen molar-refractivity contribution in [2.45, 2.75) is 11.9 Å². The number of hydrogen-bond donors (Lipinski definition) is 0. The Hall–Kier alpha value is -0.280. The molecule has 5 heteroatoms. The van der Waals surface area contributed by atoms with Gasteiger partial charge in [0.25, 0.3) is 0 Å². The summed E-state index contributed by atoms with van der Waals surface area (Å²) in [5.41, 5.74) is 0.748. The highest BCUT2D eigenvalue weighted by Crippen LogP contribution is 1.97. The minimum absolute atomic E-state index is 0.323. The standard InChI is InChI=1S/C4H5Cl2N3/c5-1-4-2-9(3-6)8-7-4/h2H,1,3H2. The smallest absolute Gasteiger partial charge is 0.117 e. The van der Waals surface area contributed by atoms with Gasteiger partial charge in [0.05, 0.1) is 17.8 Å². The van der Waals surface area contributed by atoms with Gasteiger partial charge >= 0.3 is 0 Å². The van der Waals surface area contributed by atoms with Gasteiger partial charge in [0.1, 0.15) is 6.00 Å². The van der Waals surface area contributed by atoms with Crippen LogP contribution in [0.2, 0.25) is 0 Å². The molecule has 0 amide bonds. The molecule has 1 aromatic rings. The molecule has 0 radical (unpaired) electrons. The molecule has 0 saturated heterocycles. The molecule has 0 aliphatic heterocycles. The van der Waals surface area contributed by atoms with Crippen LogP contribution in [0.15, 0.2) is 6.20 Å². The van der Waals surface area contributed by atoms with E-state index in [0.29, 0.717) is 11.9 Å². The van der Waals surface area contributed by atoms with E-state index in [2.05, 4.69) is 10.3 Å². The fourth-order valence-corrected chi connectivity index (χ4v) is 0.697. The van der Waals surface area contributed by atoms with E-state index in [4.69, 9.17) is 23.2 Å². The largest absolute Gasteiger partial charge is 0.237 e. The van der Waals surface area contributed by atoms with Gasteiger partial charge in [0, 0.05) is 0 Å². The van der Waals surface area contributed by atoms with Gasteiger partial charge in [-0.15, -0.1) is 28.3 Å². The topological polar surface area (TPSA) is 30.7 Å². The van der Waals surface area contributed by atoms with Gasteiger partial charge in [-0.2, -0.15) is 0 Å². The fourth-order valence-electron chi connectivity index (χ4n) is 0.458. The number of alkyl halides is 2. The van der Waals surface area contributed by atoms with Gasteiger partial charge < -0.3 is 0 Å². The van der Waals surface area contributed by atoms with Crippen LogP contribution in [0.25, 0.3) is 0 Å². The van der Waals surface area contributed by atoms with E-state index in [-0.39, 0.29) is 0 Å². The summed E-state index contributed by atoms with van der Waals surface area (Å²) in [7, 11) is 0. The minimum atomic E-state index is 0.323. The van der Waals surface area contributed by atoms with Gasteiger partial charge in [-0.3, -0.25) is 0 Å². The fraction of sp³-hybridized carbons (Fsp3) is 0.500. The van der Waals surface area contributed by atoms with Crippen molar-refractivity contribution in [1.82, 2.24) is 15.0 Å². The predicted molar refractivity (Wildman–Crippen MR) is 35.4 cm³/mol. The lowest BCUT2D eigenvalue weighted by Gasteiger charge is -1.84. The van der Waals surface area contributed by atoms with Crippen molar-refractivity contribution in [3.63, 3.8) is 0 Å². The zero-order valence-corrected chi connectivity index (χ0v) is 6.10. The first-order chi connectivity index (χ1) is 4.36. The average Bonchev–Trinajstić information content (AvgIpc) is 2.34. The molecular weight excluding hydrogens is 161 g/mol. The Morgan fingerprint density at radius 1 is 1.56 bits per heavy atom. The van der Waals surface area contributed by atoms with Crippen LogP contribution in [0.4, 0.5) is 0 Å². The summed E-state index contributed by atoms with van der Waals surface area (Å²) >= 11 is 10.9. The number of rotatable bonds is 2. The lowest BCUT2D eigenvalue weighted by Crippen LogP contribution is -1.90. The molecule has 0 atom stereocenters. The molecule has 0 bridgehead atoms. The average molecular weight is 166 g/mol. The van der Waals surface area contributed by atoms with Crippen LogP contribution in [-0.4, -0.2) is 15.0 Å². The number of hydrogen-bond acceptors (Lipinski definition) is 2. The summed E-state index contributed by atoms with van der Waals surface area (Å²) in [5.74, 6) is 0.386. The van der Waals surface area contributed by atoms with Crippen LogP contribution < -0.4 is 0 Å². The van der Waals surface area contributed by atoms with Gasteiger partial charge in [-0.25, -0.2) is 4.68 Å². The van der Waals surface area contributed by atoms with E-state index < -0.39 is 0 Å². The third-order valence-corrected chi connectivity index (χ3v) is 1.36. The molecule has 0 fully saturated rings. The third-order valence-electron chi connectivity index (χ3n) is 0.845. The molecule has 1 aromatic heterocycles. The maximum absolute atomic E-state index is 5.44. The van der Waals surface area contributed by atoms with E-state index >= 15 is 0 Å². The maximum atomic E-state index is 5.44. The molecule has 0 aromatic carbocycles. The van der Waals surface area contributed by atoms with Crippen molar-refractivity contribution in [2.75, 3.05) is 0 Å². The van der Waals surface area contributed by atoms with Crippen molar-refractivity contribution in [2.24, 2.45) is 0 Å². The van der Waals surface area contributed by atoms with E-state index in [9.17, 15) is 0 Å². The number of aromatic nitrogens is 3. The van der Waals surface area contributed by atoms with Crippen LogP contribution in [0.5, 0.6) is 0 Å². The Kier molecular flexibility index (Phi) is 2.30. The van der Waals surface area contributed by atoms with Crippen molar-refractivity contribution in [1.29, 1.82) is 0 Å². The Balaban J connectivity index is 2.74. The third kappa shape index (κ3) is 1.56. The van der Waals surface area contributed by atoms with Crippen molar-refractivity contribution in [3.8, 4) is 0 Å². The van der Waals surface area contributed by atoms with E-state index in [1.807, 2.05) is 0 Å². The van der Waals surface area contributed by atoms with Crippen LogP contribution in [0.3, 0.4) is 0 Å². The summed E-state index contributed by atoms with van der Waals surface area (Å²) in [5, 5.41) is 7.36. The van der Waals surface area contributed by atoms with Crippen molar-refractivity contribution in [3.05, 3.63) is 11.9 Å². The molecule has 0 saturated carbocycles. The zero-order chi connectivity index (χ0) is 6.69. The first kappa shape index (κ1) is 6.83. The Morgan fingerprint density at radius 2 is 2.33 bits per heavy atom. The molecule has 1 heterocycles. The second kappa shape index (κ2) is 3.03. The molecule has 0 N–H and O–H groups in total. The number of halogens is 2. The second-order valence-electron chi connectivity index (χ2n) is 1.50. The second-order valence-corrected chi connectivity index (χ2v) is 2.01. The molecule has 50 valence electrons. The van der Waals surface area contributed by atoms with Gasteiger partial charge in [-0.05, 0) is 0 Å². The summed E-state index contributed by atoms with van der Waals surface area (Å²) < 4.78 is 1.51. The molecule has 1 rings (SSSR count). The van der Waals surface area contributed by atoms with Crippen molar-refractivity contribution >= 4 is 23.2 Å². The quantitative estimate of drug-likeness (QED) is 0.618. The van der Waals surface area contributed by atoms with Crippen LogP contribution in [-0.2, 0) is 11.9 Å². The zero-order valence-electron chi connectivity index (χ0n) is 4.59. The monoisotopic (exact) mass is 165 g/mol. The lowest BCUT2D eigenvalue weighted by atomic mass is 10.6. The van der Waals surface area contributed by atoms with Crippen LogP contribution in [0, 0.1) is 0 Å². The molecular formula is C4H5Cl2N3. The molecule has 0 spiro atoms. The van der Waals surface area contributed by atoms with Gasteiger partial charge in [-0.1, -0.05) is 5.21 Å². The minimum Gasteiger partial charge on any atom is -0.237 e. The Morgan fingerprint density at radius 3 is 2.67 bits per heavy atom. The predicted octanol–water partition coefficient (Wildman–Crippen LogP) is 1.21. The summed E-state index contributed by atoms with van der Waals surface area (Å²) in [6, 6.07) is 0.323. The summed E-state index contributed by atoms with van der Waals surface area (Å²) in [4.78, 5) is 0. The highest BCUT2D eigenvalue weighted by Gasteiger charge is 1.94. The molecule has 0 aliphatic carbocycles.